The fourth-order valence-corrected chi connectivity index (χ4v) is 3.63. The van der Waals surface area contributed by atoms with Crippen LogP contribution in [0.4, 0.5) is 13.2 Å². The molecule has 0 aromatic carbocycles. The van der Waals surface area contributed by atoms with Gasteiger partial charge in [0.25, 0.3) is 0 Å². The number of carbonyl (C=O) groups is 1. The minimum atomic E-state index is -4.62. The van der Waals surface area contributed by atoms with E-state index in [1.54, 1.807) is 46.0 Å². The number of hydrogen-bond acceptors (Lipinski definition) is 5. The largest absolute Gasteiger partial charge is 0.462 e. The number of nitrogens with zero attached hydrogens (tertiary/aromatic N) is 6. The Morgan fingerprint density at radius 3 is 2.62 bits per heavy atom. The van der Waals surface area contributed by atoms with Crippen LogP contribution in [0.5, 0.6) is 0 Å². The van der Waals surface area contributed by atoms with Gasteiger partial charge in [0, 0.05) is 35.3 Å². The van der Waals surface area contributed by atoms with Gasteiger partial charge in [-0.1, -0.05) is 0 Å². The van der Waals surface area contributed by atoms with Gasteiger partial charge in [-0.25, -0.2) is 14.0 Å². The monoisotopic (exact) mass is 446 g/mol. The third-order valence-electron chi connectivity index (χ3n) is 5.04. The summed E-state index contributed by atoms with van der Waals surface area (Å²) in [5.74, 6) is -0.503. The summed E-state index contributed by atoms with van der Waals surface area (Å²) in [6.45, 7) is 7.11. The van der Waals surface area contributed by atoms with Gasteiger partial charge in [-0.05, 0) is 39.8 Å². The summed E-state index contributed by atoms with van der Waals surface area (Å²) in [7, 11) is 0. The molecule has 0 radical (unpaired) electrons. The fourth-order valence-electron chi connectivity index (χ4n) is 3.63. The van der Waals surface area contributed by atoms with Crippen LogP contribution in [-0.4, -0.2) is 41.8 Å². The zero-order valence-corrected chi connectivity index (χ0v) is 17.9. The lowest BCUT2D eigenvalue weighted by atomic mass is 10.0. The molecular formula is C21H21F3N6O2. The molecule has 0 unspecified atom stereocenters. The zero-order valence-electron chi connectivity index (χ0n) is 17.9. The maximum Gasteiger partial charge on any atom is 0.435 e. The number of halogens is 3. The van der Waals surface area contributed by atoms with Gasteiger partial charge in [-0.15, -0.1) is 0 Å². The lowest BCUT2D eigenvalue weighted by molar-refractivity contribution is -0.141. The summed E-state index contributed by atoms with van der Waals surface area (Å²) in [6.07, 6.45) is 1.27. The van der Waals surface area contributed by atoms with E-state index in [0.717, 1.165) is 0 Å². The second-order valence-electron chi connectivity index (χ2n) is 7.51. The summed E-state index contributed by atoms with van der Waals surface area (Å²) in [4.78, 5) is 11.9. The molecule has 32 heavy (non-hydrogen) atoms. The number of rotatable bonds is 5. The maximum atomic E-state index is 13.8. The number of fused-ring (bicyclic) bond motifs is 1. The number of carbonyl (C=O) groups excluding carboxylic acids is 1. The van der Waals surface area contributed by atoms with E-state index in [9.17, 15) is 18.0 Å². The maximum absolute atomic E-state index is 13.8. The lowest BCUT2D eigenvalue weighted by Gasteiger charge is -2.08. The third-order valence-corrected chi connectivity index (χ3v) is 5.04. The molecule has 0 saturated carbocycles. The highest BCUT2D eigenvalue weighted by Gasteiger charge is 2.40. The smallest absolute Gasteiger partial charge is 0.435 e. The lowest BCUT2D eigenvalue weighted by Crippen LogP contribution is -2.10. The molecule has 0 aliphatic carbocycles. The Morgan fingerprint density at radius 1 is 1.22 bits per heavy atom. The Morgan fingerprint density at radius 2 is 1.97 bits per heavy atom. The van der Waals surface area contributed by atoms with Crippen molar-refractivity contribution in [1.29, 1.82) is 0 Å². The van der Waals surface area contributed by atoms with Crippen LogP contribution < -0.4 is 0 Å². The average molecular weight is 446 g/mol. The summed E-state index contributed by atoms with van der Waals surface area (Å²) >= 11 is 0. The van der Waals surface area contributed by atoms with Gasteiger partial charge in [-0.2, -0.15) is 28.5 Å². The molecule has 4 rings (SSSR count). The molecule has 0 saturated heterocycles. The number of esters is 1. The minimum absolute atomic E-state index is 0.00831. The Labute approximate surface area is 181 Å². The molecule has 0 N–H and O–H groups in total. The van der Waals surface area contributed by atoms with E-state index >= 15 is 0 Å². The fraction of sp³-hybridized carbons (Fsp3) is 0.333. The van der Waals surface area contributed by atoms with Gasteiger partial charge in [0.05, 0.1) is 35.8 Å². The zero-order chi connectivity index (χ0) is 23.2. The summed E-state index contributed by atoms with van der Waals surface area (Å²) in [5, 5.41) is 12.2. The number of pyridine rings is 1. The molecule has 0 aliphatic heterocycles. The summed E-state index contributed by atoms with van der Waals surface area (Å²) < 4.78 is 50.7. The standard InChI is InChI=1S/C21H21F3N6O2/c1-5-32-20(31)14-9-25-29(11-14)15-6-7-28-17(8-15)16(10-26-28)18-13(4)30(12(2)3)27-19(18)21(22,23)24/h6-12H,5H2,1-4H3. The van der Waals surface area contributed by atoms with Crippen LogP contribution >= 0.6 is 0 Å². The predicted molar refractivity (Wildman–Crippen MR) is 110 cm³/mol. The van der Waals surface area contributed by atoms with Crippen molar-refractivity contribution in [3.05, 3.63) is 53.9 Å². The van der Waals surface area contributed by atoms with Crippen molar-refractivity contribution in [3.63, 3.8) is 0 Å². The van der Waals surface area contributed by atoms with Crippen molar-refractivity contribution < 1.29 is 22.7 Å². The highest BCUT2D eigenvalue weighted by molar-refractivity contribution is 5.89. The Hall–Kier alpha value is -3.63. The van der Waals surface area contributed by atoms with Gasteiger partial charge < -0.3 is 4.74 Å². The van der Waals surface area contributed by atoms with Crippen molar-refractivity contribution in [3.8, 4) is 16.8 Å². The number of hydrogen-bond donors (Lipinski definition) is 0. The van der Waals surface area contributed by atoms with E-state index < -0.39 is 17.8 Å². The van der Waals surface area contributed by atoms with Gasteiger partial charge in [-0.3, -0.25) is 4.68 Å². The van der Waals surface area contributed by atoms with E-state index in [-0.39, 0.29) is 23.8 Å². The molecule has 0 aliphatic rings. The van der Waals surface area contributed by atoms with E-state index in [1.165, 1.54) is 32.5 Å². The van der Waals surface area contributed by atoms with Crippen molar-refractivity contribution in [1.82, 2.24) is 29.2 Å². The Balaban J connectivity index is 1.86. The molecule has 4 heterocycles. The van der Waals surface area contributed by atoms with Gasteiger partial charge in [0.15, 0.2) is 5.69 Å². The Kier molecular flexibility index (Phi) is 5.27. The number of aromatic nitrogens is 6. The van der Waals surface area contributed by atoms with Crippen LogP contribution in [0, 0.1) is 6.92 Å². The van der Waals surface area contributed by atoms with Crippen LogP contribution in [-0.2, 0) is 10.9 Å². The molecule has 0 fully saturated rings. The molecule has 0 atom stereocenters. The molecule has 8 nitrogen and oxygen atoms in total. The van der Waals surface area contributed by atoms with Crippen molar-refractivity contribution in [2.75, 3.05) is 6.61 Å². The molecule has 0 bridgehead atoms. The van der Waals surface area contributed by atoms with E-state index in [0.29, 0.717) is 22.5 Å². The van der Waals surface area contributed by atoms with Crippen molar-refractivity contribution in [2.45, 2.75) is 39.9 Å². The predicted octanol–water partition coefficient (Wildman–Crippen LogP) is 4.47. The minimum Gasteiger partial charge on any atom is -0.462 e. The third kappa shape index (κ3) is 3.63. The molecule has 168 valence electrons. The van der Waals surface area contributed by atoms with Gasteiger partial charge in [0.2, 0.25) is 0 Å². The van der Waals surface area contributed by atoms with Gasteiger partial charge in [0.1, 0.15) is 0 Å². The first-order chi connectivity index (χ1) is 15.1. The van der Waals surface area contributed by atoms with Crippen molar-refractivity contribution in [2.24, 2.45) is 0 Å². The molecule has 4 aromatic heterocycles. The number of ether oxygens (including phenoxy) is 1. The molecule has 4 aromatic rings. The highest BCUT2D eigenvalue weighted by Crippen LogP contribution is 2.40. The van der Waals surface area contributed by atoms with Crippen LogP contribution in [0.3, 0.4) is 0 Å². The summed E-state index contributed by atoms with van der Waals surface area (Å²) in [6, 6.07) is 3.12. The molecule has 11 heteroatoms. The van der Waals surface area contributed by atoms with Crippen LogP contribution in [0.1, 0.15) is 48.6 Å². The van der Waals surface area contributed by atoms with E-state index in [2.05, 4.69) is 15.3 Å². The second-order valence-corrected chi connectivity index (χ2v) is 7.51. The summed E-state index contributed by atoms with van der Waals surface area (Å²) in [5.41, 5.74) is 1.02. The van der Waals surface area contributed by atoms with E-state index in [4.69, 9.17) is 4.74 Å². The number of alkyl halides is 3. The molecule has 0 amide bonds. The van der Waals surface area contributed by atoms with Crippen LogP contribution in [0.25, 0.3) is 22.3 Å². The Bertz CT molecular complexity index is 1300. The molecule has 0 spiro atoms. The quantitative estimate of drug-likeness (QED) is 0.423. The highest BCUT2D eigenvalue weighted by atomic mass is 19.4. The van der Waals surface area contributed by atoms with Crippen LogP contribution in [0.2, 0.25) is 0 Å². The topological polar surface area (TPSA) is 79.2 Å². The van der Waals surface area contributed by atoms with Crippen LogP contribution in [0.15, 0.2) is 36.9 Å². The normalized spacial score (nSPS) is 12.1. The molecular weight excluding hydrogens is 425 g/mol. The first-order valence-corrected chi connectivity index (χ1v) is 9.98. The second kappa shape index (κ2) is 7.81. The van der Waals surface area contributed by atoms with Gasteiger partial charge >= 0.3 is 12.1 Å². The van der Waals surface area contributed by atoms with Crippen molar-refractivity contribution >= 4 is 11.5 Å². The average Bonchev–Trinajstić information content (AvgIpc) is 3.43. The van der Waals surface area contributed by atoms with E-state index in [1.807, 2.05) is 0 Å². The first kappa shape index (κ1) is 21.6. The SMILES string of the molecule is CCOC(=O)c1cnn(-c2ccn3ncc(-c4c(C(F)(F)F)nn(C(C)C)c4C)c3c2)c1. The first-order valence-electron chi connectivity index (χ1n) is 9.98.